The largest absolute Gasteiger partial charge is 0.282 e. The quantitative estimate of drug-likeness (QED) is 0.741. The fourth-order valence-electron chi connectivity index (χ4n) is 1.87. The predicted molar refractivity (Wildman–Crippen MR) is 83.0 cm³/mol. The third-order valence-electron chi connectivity index (χ3n) is 2.83. The zero-order chi connectivity index (χ0) is 14.7. The molecule has 3 aromatic rings. The Kier molecular flexibility index (Phi) is 3.72. The van der Waals surface area contributed by atoms with E-state index in [1.807, 2.05) is 17.5 Å². The summed E-state index contributed by atoms with van der Waals surface area (Å²) >= 11 is 1.45. The van der Waals surface area contributed by atoms with Gasteiger partial charge < -0.3 is 0 Å². The van der Waals surface area contributed by atoms with Gasteiger partial charge in [-0.3, -0.25) is 0 Å². The molecule has 1 heterocycles. The Morgan fingerprint density at radius 1 is 0.952 bits per heavy atom. The van der Waals surface area contributed by atoms with Crippen LogP contribution in [0.25, 0.3) is 10.6 Å². The first-order chi connectivity index (χ1) is 10.2. The third-order valence-corrected chi connectivity index (χ3v) is 4.94. The molecule has 0 saturated heterocycles. The SMILES string of the molecule is O=S(=O)([N]c1ccccc1-c1nccs1)c1ccccc1. The Labute approximate surface area is 127 Å². The summed E-state index contributed by atoms with van der Waals surface area (Å²) in [6, 6.07) is 15.3. The third kappa shape index (κ3) is 2.96. The summed E-state index contributed by atoms with van der Waals surface area (Å²) in [6.45, 7) is 0. The van der Waals surface area contributed by atoms with E-state index in [1.54, 1.807) is 36.5 Å². The molecule has 4 nitrogen and oxygen atoms in total. The highest BCUT2D eigenvalue weighted by molar-refractivity contribution is 7.89. The highest BCUT2D eigenvalue weighted by Crippen LogP contribution is 2.30. The maximum Gasteiger partial charge on any atom is 0.282 e. The van der Waals surface area contributed by atoms with Gasteiger partial charge in [0.25, 0.3) is 10.0 Å². The first-order valence-electron chi connectivity index (χ1n) is 6.19. The molecule has 6 heteroatoms. The van der Waals surface area contributed by atoms with Crippen molar-refractivity contribution in [2.45, 2.75) is 4.90 Å². The van der Waals surface area contributed by atoms with Crippen molar-refractivity contribution in [1.82, 2.24) is 9.71 Å². The van der Waals surface area contributed by atoms with Gasteiger partial charge in [-0.1, -0.05) is 30.3 Å². The molecule has 21 heavy (non-hydrogen) atoms. The molecule has 0 unspecified atom stereocenters. The van der Waals surface area contributed by atoms with Crippen molar-refractivity contribution in [3.63, 3.8) is 0 Å². The van der Waals surface area contributed by atoms with Gasteiger partial charge in [0.05, 0.1) is 10.6 Å². The topological polar surface area (TPSA) is 61.1 Å². The number of nitrogens with zero attached hydrogens (tertiary/aromatic N) is 2. The lowest BCUT2D eigenvalue weighted by molar-refractivity contribution is 0.590. The van der Waals surface area contributed by atoms with Crippen molar-refractivity contribution < 1.29 is 8.42 Å². The molecule has 0 aliphatic heterocycles. The van der Waals surface area contributed by atoms with Crippen molar-refractivity contribution in [3.05, 3.63) is 66.2 Å². The lowest BCUT2D eigenvalue weighted by atomic mass is 10.2. The molecule has 0 bridgehead atoms. The van der Waals surface area contributed by atoms with E-state index in [1.165, 1.54) is 23.5 Å². The summed E-state index contributed by atoms with van der Waals surface area (Å²) in [4.78, 5) is 4.39. The van der Waals surface area contributed by atoms with Crippen molar-refractivity contribution in [1.29, 1.82) is 0 Å². The molecule has 1 radical (unpaired) electrons. The number of hydrogen-bond donors (Lipinski definition) is 0. The minimum absolute atomic E-state index is 0.180. The van der Waals surface area contributed by atoms with Crippen LogP contribution in [0.5, 0.6) is 0 Å². The molecule has 3 rings (SSSR count). The minimum Gasteiger partial charge on any atom is -0.244 e. The fourth-order valence-corrected chi connectivity index (χ4v) is 3.56. The van der Waals surface area contributed by atoms with E-state index in [0.29, 0.717) is 11.3 Å². The number of hydrogen-bond acceptors (Lipinski definition) is 4. The van der Waals surface area contributed by atoms with Crippen LogP contribution in [0.3, 0.4) is 0 Å². The summed E-state index contributed by atoms with van der Waals surface area (Å²) in [5.74, 6) is 0. The molecule has 105 valence electrons. The van der Waals surface area contributed by atoms with E-state index in [4.69, 9.17) is 0 Å². The highest BCUT2D eigenvalue weighted by atomic mass is 32.2. The molecule has 0 amide bonds. The van der Waals surface area contributed by atoms with Crippen LogP contribution in [-0.4, -0.2) is 13.4 Å². The Morgan fingerprint density at radius 3 is 2.38 bits per heavy atom. The van der Waals surface area contributed by atoms with Crippen LogP contribution in [0.15, 0.2) is 71.1 Å². The Balaban J connectivity index is 2.00. The Bertz CT molecular complexity index is 829. The fraction of sp³-hybridized carbons (Fsp3) is 0. The molecular weight excluding hydrogens is 304 g/mol. The van der Waals surface area contributed by atoms with Gasteiger partial charge in [-0.15, -0.1) is 11.3 Å². The van der Waals surface area contributed by atoms with Gasteiger partial charge in [-0.05, 0) is 24.3 Å². The molecule has 0 aliphatic carbocycles. The van der Waals surface area contributed by atoms with Crippen LogP contribution >= 0.6 is 11.3 Å². The van der Waals surface area contributed by atoms with E-state index < -0.39 is 10.0 Å². The predicted octanol–water partition coefficient (Wildman–Crippen LogP) is 3.43. The van der Waals surface area contributed by atoms with Crippen molar-refractivity contribution in [2.24, 2.45) is 0 Å². The molecule has 0 atom stereocenters. The van der Waals surface area contributed by atoms with Gasteiger partial charge in [-0.25, -0.2) is 4.98 Å². The number of rotatable bonds is 4. The molecule has 2 aromatic carbocycles. The maximum atomic E-state index is 12.3. The summed E-state index contributed by atoms with van der Waals surface area (Å²) in [5.41, 5.74) is 1.11. The zero-order valence-corrected chi connectivity index (χ0v) is 12.5. The summed E-state index contributed by atoms with van der Waals surface area (Å²) < 4.78 is 28.6. The first-order valence-corrected chi connectivity index (χ1v) is 8.51. The van der Waals surface area contributed by atoms with Gasteiger partial charge >= 0.3 is 0 Å². The van der Waals surface area contributed by atoms with Gasteiger partial charge in [0.15, 0.2) is 0 Å². The minimum atomic E-state index is -3.73. The Morgan fingerprint density at radius 2 is 1.67 bits per heavy atom. The van der Waals surface area contributed by atoms with Crippen LogP contribution in [0.1, 0.15) is 0 Å². The maximum absolute atomic E-state index is 12.3. The molecule has 0 N–H and O–H groups in total. The van der Waals surface area contributed by atoms with E-state index in [2.05, 4.69) is 9.71 Å². The zero-order valence-electron chi connectivity index (χ0n) is 10.9. The second-order valence-corrected chi connectivity index (χ2v) is 6.73. The van der Waals surface area contributed by atoms with E-state index in [9.17, 15) is 8.42 Å². The molecule has 0 aliphatic rings. The number of thiazole rings is 1. The first kappa shape index (κ1) is 13.8. The van der Waals surface area contributed by atoms with E-state index >= 15 is 0 Å². The van der Waals surface area contributed by atoms with Gasteiger partial charge in [0.1, 0.15) is 5.01 Å². The lowest BCUT2D eigenvalue weighted by Gasteiger charge is -2.08. The van der Waals surface area contributed by atoms with Crippen molar-refractivity contribution in [3.8, 4) is 10.6 Å². The van der Waals surface area contributed by atoms with Crippen molar-refractivity contribution in [2.75, 3.05) is 0 Å². The van der Waals surface area contributed by atoms with Gasteiger partial charge in [0.2, 0.25) is 0 Å². The smallest absolute Gasteiger partial charge is 0.244 e. The van der Waals surface area contributed by atoms with Gasteiger partial charge in [-0.2, -0.15) is 13.1 Å². The summed E-state index contributed by atoms with van der Waals surface area (Å²) in [5, 5.41) is 2.59. The second kappa shape index (κ2) is 5.67. The van der Waals surface area contributed by atoms with Crippen LogP contribution in [0.2, 0.25) is 0 Å². The van der Waals surface area contributed by atoms with E-state index in [0.717, 1.165) is 5.01 Å². The van der Waals surface area contributed by atoms with Crippen LogP contribution < -0.4 is 4.72 Å². The highest BCUT2D eigenvalue weighted by Gasteiger charge is 2.19. The summed E-state index contributed by atoms with van der Waals surface area (Å²) in [7, 11) is -3.73. The van der Waals surface area contributed by atoms with E-state index in [-0.39, 0.29) is 4.90 Å². The summed E-state index contributed by atoms with van der Waals surface area (Å²) in [6.07, 6.45) is 1.68. The average Bonchev–Trinajstić information content (AvgIpc) is 3.02. The van der Waals surface area contributed by atoms with Crippen LogP contribution in [0.4, 0.5) is 5.69 Å². The molecule has 0 spiro atoms. The molecular formula is C15H11N2O2S2. The lowest BCUT2D eigenvalue weighted by Crippen LogP contribution is -2.12. The normalized spacial score (nSPS) is 11.2. The standard InChI is InChI=1S/C15H11N2O2S2/c18-21(19,12-6-2-1-3-7-12)17-14-9-5-4-8-13(14)15-16-10-11-20-15/h1-11H. The monoisotopic (exact) mass is 315 g/mol. The van der Waals surface area contributed by atoms with Crippen molar-refractivity contribution >= 4 is 27.0 Å². The second-order valence-electron chi connectivity index (χ2n) is 4.23. The molecule has 0 saturated carbocycles. The number of aromatic nitrogens is 1. The molecule has 0 fully saturated rings. The average molecular weight is 315 g/mol. The molecule has 1 aromatic heterocycles. The van der Waals surface area contributed by atoms with Crippen LogP contribution in [0, 0.1) is 0 Å². The Hall–Kier alpha value is -2.18. The number of benzene rings is 2. The van der Waals surface area contributed by atoms with Crippen LogP contribution in [-0.2, 0) is 10.0 Å². The number of sulfonamides is 1. The van der Waals surface area contributed by atoms with Gasteiger partial charge in [0, 0.05) is 17.1 Å².